The third-order valence-corrected chi connectivity index (χ3v) is 4.29. The highest BCUT2D eigenvalue weighted by Crippen LogP contribution is 2.24. The van der Waals surface area contributed by atoms with Crippen molar-refractivity contribution < 1.29 is 13.9 Å². The van der Waals surface area contributed by atoms with Gasteiger partial charge in [0, 0.05) is 30.9 Å². The molecule has 0 bridgehead atoms. The van der Waals surface area contributed by atoms with Crippen LogP contribution in [0.2, 0.25) is 0 Å². The second-order valence-corrected chi connectivity index (χ2v) is 6.24. The summed E-state index contributed by atoms with van der Waals surface area (Å²) in [4.78, 5) is 24.6. The number of carbonyl (C=O) groups excluding carboxylic acids is 1. The van der Waals surface area contributed by atoms with Gasteiger partial charge in [0.25, 0.3) is 5.91 Å². The van der Waals surface area contributed by atoms with Gasteiger partial charge in [-0.25, -0.2) is 9.48 Å². The predicted molar refractivity (Wildman–Crippen MR) is 109 cm³/mol. The van der Waals surface area contributed by atoms with Gasteiger partial charge in [0.2, 0.25) is 0 Å². The number of ether oxygens (including phenoxy) is 1. The number of carbonyl (C=O) groups is 1. The molecule has 0 aliphatic heterocycles. The first-order chi connectivity index (χ1) is 14.7. The Bertz CT molecular complexity index is 1220. The molecule has 3 aromatic heterocycles. The zero-order chi connectivity index (χ0) is 20.9. The monoisotopic (exact) mass is 406 g/mol. The molecule has 3 heterocycles. The molecule has 0 spiro atoms. The molecule has 30 heavy (non-hydrogen) atoms. The molecule has 0 unspecified atom stereocenters. The average Bonchev–Trinajstić information content (AvgIpc) is 3.31. The maximum atomic E-state index is 12.4. The largest absolute Gasteiger partial charge is 0.493 e. The quantitative estimate of drug-likeness (QED) is 0.350. The second kappa shape index (κ2) is 8.43. The number of methoxy groups -OCH3 is 1. The molecule has 0 atom stereocenters. The van der Waals surface area contributed by atoms with E-state index in [0.717, 1.165) is 0 Å². The first-order valence-corrected chi connectivity index (χ1v) is 9.12. The van der Waals surface area contributed by atoms with Crippen LogP contribution in [0.3, 0.4) is 0 Å². The fourth-order valence-corrected chi connectivity index (χ4v) is 2.84. The summed E-state index contributed by atoms with van der Waals surface area (Å²) < 4.78 is 12.0. The molecule has 0 saturated carbocycles. The molecular formula is C20H18N6O4. The first-order valence-electron chi connectivity index (χ1n) is 9.12. The zero-order valence-corrected chi connectivity index (χ0v) is 16.0. The Morgan fingerprint density at radius 3 is 2.80 bits per heavy atom. The summed E-state index contributed by atoms with van der Waals surface area (Å²) in [5.41, 5.74) is -0.489. The molecule has 1 aromatic carbocycles. The van der Waals surface area contributed by atoms with E-state index in [1.165, 1.54) is 13.2 Å². The van der Waals surface area contributed by atoms with E-state index in [-0.39, 0.29) is 12.1 Å². The number of para-hydroxylation sites is 1. The van der Waals surface area contributed by atoms with Crippen LogP contribution in [0.15, 0.2) is 64.1 Å². The molecule has 0 saturated heterocycles. The van der Waals surface area contributed by atoms with Crippen molar-refractivity contribution in [3.63, 3.8) is 0 Å². The van der Waals surface area contributed by atoms with Crippen LogP contribution in [0, 0.1) is 0 Å². The van der Waals surface area contributed by atoms with Crippen molar-refractivity contribution in [1.82, 2.24) is 25.3 Å². The Morgan fingerprint density at radius 2 is 2.07 bits per heavy atom. The standard InChI is InChI=1S/C20H18N6O4/c1-29-15-5-2-4-13-12-14(20(28)30-18(13)15)19(27)22-10-9-21-16-6-7-17(25-24-16)26-11-3-8-23-26/h2-8,11-12H,9-10H2,1H3,(H,21,24)(H,22,27). The second-order valence-electron chi connectivity index (χ2n) is 6.24. The summed E-state index contributed by atoms with van der Waals surface area (Å²) in [6.07, 6.45) is 3.43. The topological polar surface area (TPSA) is 124 Å². The molecule has 10 heteroatoms. The van der Waals surface area contributed by atoms with Gasteiger partial charge in [-0.1, -0.05) is 12.1 Å². The van der Waals surface area contributed by atoms with Crippen LogP contribution in [0.25, 0.3) is 16.8 Å². The average molecular weight is 406 g/mol. The lowest BCUT2D eigenvalue weighted by atomic mass is 10.1. The predicted octanol–water partition coefficient (Wildman–Crippen LogP) is 1.62. The van der Waals surface area contributed by atoms with E-state index < -0.39 is 11.5 Å². The molecular weight excluding hydrogens is 388 g/mol. The molecule has 0 aliphatic carbocycles. The number of hydrogen-bond donors (Lipinski definition) is 2. The van der Waals surface area contributed by atoms with Gasteiger partial charge in [0.15, 0.2) is 17.2 Å². The van der Waals surface area contributed by atoms with Crippen LogP contribution in [-0.2, 0) is 0 Å². The van der Waals surface area contributed by atoms with Gasteiger partial charge in [0.05, 0.1) is 7.11 Å². The maximum absolute atomic E-state index is 12.4. The van der Waals surface area contributed by atoms with E-state index in [1.807, 2.05) is 0 Å². The van der Waals surface area contributed by atoms with Gasteiger partial charge in [0.1, 0.15) is 11.4 Å². The first kappa shape index (κ1) is 19.1. The number of benzene rings is 1. The molecule has 0 fully saturated rings. The highest BCUT2D eigenvalue weighted by molar-refractivity contribution is 5.97. The van der Waals surface area contributed by atoms with E-state index >= 15 is 0 Å². The SMILES string of the molecule is COc1cccc2cc(C(=O)NCCNc3ccc(-n4cccn4)nn3)c(=O)oc12. The zero-order valence-electron chi connectivity index (χ0n) is 16.0. The number of anilines is 1. The summed E-state index contributed by atoms with van der Waals surface area (Å²) in [6.45, 7) is 0.672. The Labute approximate surface area is 170 Å². The minimum absolute atomic E-state index is 0.0703. The van der Waals surface area contributed by atoms with Gasteiger partial charge in [-0.3, -0.25) is 4.79 Å². The Hall–Kier alpha value is -4.21. The van der Waals surface area contributed by atoms with E-state index in [9.17, 15) is 9.59 Å². The van der Waals surface area contributed by atoms with Crippen molar-refractivity contribution in [3.05, 3.63) is 70.8 Å². The normalized spacial score (nSPS) is 10.7. The van der Waals surface area contributed by atoms with Gasteiger partial charge in [-0.15, -0.1) is 10.2 Å². The van der Waals surface area contributed by atoms with Gasteiger partial charge in [-0.2, -0.15) is 5.10 Å². The lowest BCUT2D eigenvalue weighted by Gasteiger charge is -2.08. The summed E-state index contributed by atoms with van der Waals surface area (Å²) in [5, 5.41) is 18.5. The highest BCUT2D eigenvalue weighted by Gasteiger charge is 2.15. The number of hydrogen-bond acceptors (Lipinski definition) is 8. The molecule has 2 N–H and O–H groups in total. The van der Waals surface area contributed by atoms with Crippen molar-refractivity contribution in [2.24, 2.45) is 0 Å². The van der Waals surface area contributed by atoms with Crippen molar-refractivity contribution in [1.29, 1.82) is 0 Å². The van der Waals surface area contributed by atoms with Crippen LogP contribution < -0.4 is 21.0 Å². The number of aromatic nitrogens is 4. The Balaban J connectivity index is 1.35. The molecule has 4 aromatic rings. The molecule has 10 nitrogen and oxygen atoms in total. The van der Waals surface area contributed by atoms with Crippen LogP contribution >= 0.6 is 0 Å². The summed E-state index contributed by atoms with van der Waals surface area (Å²) in [7, 11) is 1.48. The molecule has 152 valence electrons. The van der Waals surface area contributed by atoms with Crippen LogP contribution in [0.1, 0.15) is 10.4 Å². The van der Waals surface area contributed by atoms with Crippen molar-refractivity contribution in [2.45, 2.75) is 0 Å². The van der Waals surface area contributed by atoms with E-state index in [1.54, 1.807) is 53.5 Å². The lowest BCUT2D eigenvalue weighted by Crippen LogP contribution is -2.32. The number of rotatable bonds is 7. The van der Waals surface area contributed by atoms with Crippen molar-refractivity contribution in [3.8, 4) is 11.6 Å². The van der Waals surface area contributed by atoms with Crippen LogP contribution in [0.5, 0.6) is 5.75 Å². The fourth-order valence-electron chi connectivity index (χ4n) is 2.84. The third-order valence-electron chi connectivity index (χ3n) is 4.29. The molecule has 1 amide bonds. The minimum Gasteiger partial charge on any atom is -0.493 e. The third kappa shape index (κ3) is 3.97. The smallest absolute Gasteiger partial charge is 0.349 e. The summed E-state index contributed by atoms with van der Waals surface area (Å²) >= 11 is 0. The highest BCUT2D eigenvalue weighted by atomic mass is 16.5. The minimum atomic E-state index is -0.725. The van der Waals surface area contributed by atoms with Gasteiger partial charge in [-0.05, 0) is 30.3 Å². The molecule has 0 radical (unpaired) electrons. The fraction of sp³-hybridized carbons (Fsp3) is 0.150. The van der Waals surface area contributed by atoms with E-state index in [0.29, 0.717) is 34.9 Å². The summed E-state index contributed by atoms with van der Waals surface area (Å²) in [5.74, 6) is 1.06. The number of nitrogens with one attached hydrogen (secondary N) is 2. The summed E-state index contributed by atoms with van der Waals surface area (Å²) in [6, 6.07) is 12.0. The Kier molecular flexibility index (Phi) is 5.37. The van der Waals surface area contributed by atoms with Crippen LogP contribution in [0.4, 0.5) is 5.82 Å². The lowest BCUT2D eigenvalue weighted by molar-refractivity contribution is 0.0951. The van der Waals surface area contributed by atoms with Crippen molar-refractivity contribution >= 4 is 22.7 Å². The maximum Gasteiger partial charge on any atom is 0.349 e. The number of nitrogens with zero attached hydrogens (tertiary/aromatic N) is 4. The molecule has 4 rings (SSSR count). The van der Waals surface area contributed by atoms with E-state index in [2.05, 4.69) is 25.9 Å². The Morgan fingerprint density at radius 1 is 1.17 bits per heavy atom. The number of fused-ring (bicyclic) bond motifs is 1. The van der Waals surface area contributed by atoms with E-state index in [4.69, 9.17) is 9.15 Å². The number of amides is 1. The van der Waals surface area contributed by atoms with Crippen LogP contribution in [-0.4, -0.2) is 46.1 Å². The van der Waals surface area contributed by atoms with Crippen molar-refractivity contribution in [2.75, 3.05) is 25.5 Å². The van der Waals surface area contributed by atoms with Gasteiger partial charge >= 0.3 is 5.63 Å². The molecule has 0 aliphatic rings. The van der Waals surface area contributed by atoms with Gasteiger partial charge < -0.3 is 19.8 Å².